The molecule has 5 heterocycles. The van der Waals surface area contributed by atoms with Gasteiger partial charge in [-0.15, -0.1) is 5.10 Å². The lowest BCUT2D eigenvalue weighted by molar-refractivity contribution is 0.0814. The molecule has 0 bridgehead atoms. The molecule has 2 fully saturated rings. The number of aromatic nitrogens is 3. The number of hydrogen-bond acceptors (Lipinski definition) is 6. The summed E-state index contributed by atoms with van der Waals surface area (Å²) in [4.78, 5) is 19.4. The molecule has 0 saturated carbocycles. The average Bonchev–Trinajstić information content (AvgIpc) is 3.39. The number of carbonyl (C=O) groups excluding carboxylic acids is 1. The molecule has 3 aliphatic rings. The Balaban J connectivity index is 1.04. The summed E-state index contributed by atoms with van der Waals surface area (Å²) in [6, 6.07) is 6.98. The Morgan fingerprint density at radius 1 is 1.00 bits per heavy atom. The van der Waals surface area contributed by atoms with E-state index < -0.39 is 0 Å². The van der Waals surface area contributed by atoms with Gasteiger partial charge in [-0.25, -0.2) is 0 Å². The van der Waals surface area contributed by atoms with Crippen LogP contribution in [0.25, 0.3) is 11.0 Å². The van der Waals surface area contributed by atoms with Crippen molar-refractivity contribution in [2.75, 3.05) is 51.8 Å². The van der Waals surface area contributed by atoms with Crippen LogP contribution in [-0.2, 0) is 6.54 Å². The van der Waals surface area contributed by atoms with Gasteiger partial charge in [-0.05, 0) is 68.7 Å². The molecule has 1 aromatic carbocycles. The molecule has 3 aliphatic heterocycles. The van der Waals surface area contributed by atoms with E-state index in [-0.39, 0.29) is 5.91 Å². The molecule has 196 valence electrons. The first-order chi connectivity index (χ1) is 17.9. The van der Waals surface area contributed by atoms with E-state index in [1.807, 2.05) is 14.0 Å². The minimum absolute atomic E-state index is 0.0600. The molecule has 3 aromatic rings. The van der Waals surface area contributed by atoms with Gasteiger partial charge in [0.1, 0.15) is 11.3 Å². The third-order valence-electron chi connectivity index (χ3n) is 8.68. The first kappa shape index (κ1) is 24.2. The van der Waals surface area contributed by atoms with Gasteiger partial charge in [-0.2, -0.15) is 5.10 Å². The number of methoxy groups -OCH3 is 1. The van der Waals surface area contributed by atoms with Crippen molar-refractivity contribution in [2.45, 2.75) is 52.1 Å². The second-order valence-corrected chi connectivity index (χ2v) is 11.2. The fraction of sp³-hybridized carbons (Fsp3) is 0.552. The zero-order valence-corrected chi connectivity index (χ0v) is 22.5. The lowest BCUT2D eigenvalue weighted by Crippen LogP contribution is -2.41. The molecule has 8 nitrogen and oxygen atoms in total. The van der Waals surface area contributed by atoms with Crippen LogP contribution in [0.15, 0.2) is 24.4 Å². The van der Waals surface area contributed by atoms with Crippen LogP contribution in [0.4, 0.5) is 5.69 Å². The normalized spacial score (nSPS) is 19.7. The topological polar surface area (TPSA) is 66.7 Å². The van der Waals surface area contributed by atoms with E-state index in [0.717, 1.165) is 54.4 Å². The molecule has 2 saturated heterocycles. The lowest BCUT2D eigenvalue weighted by Gasteiger charge is -2.39. The van der Waals surface area contributed by atoms with Gasteiger partial charge in [0.05, 0.1) is 23.9 Å². The third-order valence-corrected chi connectivity index (χ3v) is 8.68. The van der Waals surface area contributed by atoms with Gasteiger partial charge in [0.15, 0.2) is 0 Å². The van der Waals surface area contributed by atoms with Crippen LogP contribution >= 0.6 is 0 Å². The Bertz CT molecular complexity index is 1320. The third kappa shape index (κ3) is 4.45. The van der Waals surface area contributed by atoms with Crippen LogP contribution in [0.2, 0.25) is 0 Å². The number of likely N-dealkylation sites (tertiary alicyclic amines) is 1. The minimum atomic E-state index is 0.0600. The summed E-state index contributed by atoms with van der Waals surface area (Å²) in [5.74, 6) is 1.51. The maximum Gasteiger partial charge on any atom is 0.258 e. The first-order valence-corrected chi connectivity index (χ1v) is 13.7. The van der Waals surface area contributed by atoms with Gasteiger partial charge in [0.25, 0.3) is 5.91 Å². The van der Waals surface area contributed by atoms with E-state index in [4.69, 9.17) is 4.74 Å². The van der Waals surface area contributed by atoms with Gasteiger partial charge in [-0.1, -0.05) is 0 Å². The van der Waals surface area contributed by atoms with E-state index in [0.29, 0.717) is 18.3 Å². The first-order valence-electron chi connectivity index (χ1n) is 13.7. The molecule has 0 radical (unpaired) electrons. The number of nitrogens with zero attached hydrogens (tertiary/aromatic N) is 6. The Kier molecular flexibility index (Phi) is 6.31. The van der Waals surface area contributed by atoms with Gasteiger partial charge >= 0.3 is 0 Å². The molecule has 0 aliphatic carbocycles. The smallest absolute Gasteiger partial charge is 0.258 e. The number of aryl methyl sites for hydroxylation is 2. The summed E-state index contributed by atoms with van der Waals surface area (Å²) < 4.78 is 8.07. The number of carbonyl (C=O) groups is 1. The fourth-order valence-corrected chi connectivity index (χ4v) is 6.60. The molecular formula is C29H38N6O2. The number of rotatable bonds is 5. The largest absolute Gasteiger partial charge is 0.496 e. The van der Waals surface area contributed by atoms with Crippen molar-refractivity contribution in [3.05, 3.63) is 46.8 Å². The quantitative estimate of drug-likeness (QED) is 0.521. The molecule has 0 unspecified atom stereocenters. The van der Waals surface area contributed by atoms with Crippen molar-refractivity contribution in [2.24, 2.45) is 5.92 Å². The summed E-state index contributed by atoms with van der Waals surface area (Å²) in [6.45, 7) is 10.5. The highest BCUT2D eigenvalue weighted by molar-refractivity contribution is 6.01. The molecule has 2 aromatic heterocycles. The highest BCUT2D eigenvalue weighted by atomic mass is 16.5. The summed E-state index contributed by atoms with van der Waals surface area (Å²) in [5, 5.41) is 8.70. The monoisotopic (exact) mass is 502 g/mol. The maximum absolute atomic E-state index is 12.5. The summed E-state index contributed by atoms with van der Waals surface area (Å²) in [6.07, 6.45) is 7.06. The molecule has 0 atom stereocenters. The summed E-state index contributed by atoms with van der Waals surface area (Å²) in [7, 11) is 3.52. The van der Waals surface area contributed by atoms with Crippen LogP contribution in [0.1, 0.15) is 58.9 Å². The van der Waals surface area contributed by atoms with Gasteiger partial charge in [-0.3, -0.25) is 4.79 Å². The van der Waals surface area contributed by atoms with Crippen LogP contribution in [0, 0.1) is 19.8 Å². The van der Waals surface area contributed by atoms with Crippen LogP contribution in [0.5, 0.6) is 5.75 Å². The molecule has 0 N–H and O–H groups in total. The number of fused-ring (bicyclic) bond motifs is 2. The molecule has 1 amide bonds. The molecule has 6 rings (SSSR count). The highest BCUT2D eigenvalue weighted by Gasteiger charge is 2.31. The maximum atomic E-state index is 12.5. The standard InChI is InChI=1S/C29H38N6O2/c1-19-16-35(25-13-20(2)30-31-28(19)25)23-7-9-33(10-8-23)17-21-5-11-34(12-6-21)24-14-22-18-32(3)29(36)27(22)26(15-24)37-4/h13-16,21,23H,5-12,17-18H2,1-4H3. The van der Waals surface area contributed by atoms with Crippen molar-refractivity contribution in [1.29, 1.82) is 0 Å². The van der Waals surface area contributed by atoms with Crippen LogP contribution < -0.4 is 9.64 Å². The number of anilines is 1. The number of benzene rings is 1. The van der Waals surface area contributed by atoms with E-state index >= 15 is 0 Å². The van der Waals surface area contributed by atoms with E-state index in [1.54, 1.807) is 12.0 Å². The zero-order chi connectivity index (χ0) is 25.7. The van der Waals surface area contributed by atoms with Crippen molar-refractivity contribution in [1.82, 2.24) is 24.6 Å². The van der Waals surface area contributed by atoms with Crippen molar-refractivity contribution >= 4 is 22.6 Å². The Morgan fingerprint density at radius 3 is 2.49 bits per heavy atom. The molecule has 37 heavy (non-hydrogen) atoms. The van der Waals surface area contributed by atoms with Crippen LogP contribution in [-0.4, -0.2) is 77.4 Å². The zero-order valence-electron chi connectivity index (χ0n) is 22.5. The predicted molar refractivity (Wildman–Crippen MR) is 145 cm³/mol. The second-order valence-electron chi connectivity index (χ2n) is 11.2. The average molecular weight is 503 g/mol. The van der Waals surface area contributed by atoms with Crippen molar-refractivity contribution in [3.63, 3.8) is 0 Å². The minimum Gasteiger partial charge on any atom is -0.496 e. The van der Waals surface area contributed by atoms with E-state index in [1.165, 1.54) is 49.0 Å². The SMILES string of the molecule is COc1cc(N2CCC(CN3CCC(n4cc(C)c5nnc(C)cc54)CC3)CC2)cc2c1C(=O)N(C)C2. The number of ether oxygens (including phenoxy) is 1. The lowest BCUT2D eigenvalue weighted by atomic mass is 9.94. The van der Waals surface area contributed by atoms with Gasteiger partial charge in [0, 0.05) is 70.3 Å². The molecule has 8 heteroatoms. The summed E-state index contributed by atoms with van der Waals surface area (Å²) >= 11 is 0. The second kappa shape index (κ2) is 9.63. The number of amides is 1. The molecule has 0 spiro atoms. The Hall–Kier alpha value is -3.13. The van der Waals surface area contributed by atoms with E-state index in [9.17, 15) is 4.79 Å². The Labute approximate surface area is 219 Å². The summed E-state index contributed by atoms with van der Waals surface area (Å²) in [5.41, 5.74) is 7.48. The van der Waals surface area contributed by atoms with Crippen LogP contribution in [0.3, 0.4) is 0 Å². The van der Waals surface area contributed by atoms with Gasteiger partial charge in [0.2, 0.25) is 0 Å². The molecular weight excluding hydrogens is 464 g/mol. The van der Waals surface area contributed by atoms with E-state index in [2.05, 4.69) is 55.9 Å². The van der Waals surface area contributed by atoms with Crippen molar-refractivity contribution < 1.29 is 9.53 Å². The van der Waals surface area contributed by atoms with Gasteiger partial charge < -0.3 is 24.0 Å². The Morgan fingerprint density at radius 2 is 1.76 bits per heavy atom. The number of piperidine rings is 2. The predicted octanol–water partition coefficient (Wildman–Crippen LogP) is 4.20. The fourth-order valence-electron chi connectivity index (χ4n) is 6.60. The number of hydrogen-bond donors (Lipinski definition) is 0. The van der Waals surface area contributed by atoms with Crippen molar-refractivity contribution in [3.8, 4) is 5.75 Å². The highest BCUT2D eigenvalue weighted by Crippen LogP contribution is 2.36.